The second-order valence-corrected chi connectivity index (χ2v) is 6.61. The molecule has 2 aromatic rings. The van der Waals surface area contributed by atoms with Gasteiger partial charge in [-0.15, -0.1) is 22.9 Å². The van der Waals surface area contributed by atoms with Crippen molar-refractivity contribution >= 4 is 46.1 Å². The van der Waals surface area contributed by atoms with E-state index in [4.69, 9.17) is 23.2 Å². The van der Waals surface area contributed by atoms with Crippen molar-refractivity contribution in [2.45, 2.75) is 25.1 Å². The van der Waals surface area contributed by atoms with Gasteiger partial charge in [0.1, 0.15) is 0 Å². The first-order valence-corrected chi connectivity index (χ1v) is 8.54. The van der Waals surface area contributed by atoms with Crippen molar-refractivity contribution in [2.24, 2.45) is 0 Å². The third-order valence-corrected chi connectivity index (χ3v) is 4.96. The molecule has 0 N–H and O–H groups in total. The summed E-state index contributed by atoms with van der Waals surface area (Å²) in [5, 5.41) is 3.72. The van der Waals surface area contributed by atoms with E-state index in [2.05, 4.69) is 4.98 Å². The molecule has 0 radical (unpaired) electrons. The van der Waals surface area contributed by atoms with Gasteiger partial charge in [-0.05, 0) is 24.1 Å². The molecule has 1 aromatic carbocycles. The summed E-state index contributed by atoms with van der Waals surface area (Å²) in [6.45, 7) is 0.696. The number of amides is 1. The minimum Gasteiger partial charge on any atom is -0.312 e. The number of thiazole rings is 1. The Hall–Kier alpha value is -1.10. The van der Waals surface area contributed by atoms with Crippen LogP contribution in [0.3, 0.4) is 0 Å². The zero-order valence-electron chi connectivity index (χ0n) is 11.3. The van der Waals surface area contributed by atoms with Gasteiger partial charge in [0.05, 0.1) is 23.0 Å². The van der Waals surface area contributed by atoms with Crippen LogP contribution in [0.25, 0.3) is 0 Å². The van der Waals surface area contributed by atoms with Gasteiger partial charge >= 0.3 is 0 Å². The van der Waals surface area contributed by atoms with Gasteiger partial charge in [-0.25, -0.2) is 4.98 Å². The topological polar surface area (TPSA) is 33.2 Å². The van der Waals surface area contributed by atoms with E-state index in [0.717, 1.165) is 34.8 Å². The summed E-state index contributed by atoms with van der Waals surface area (Å²) < 4.78 is 0. The lowest BCUT2D eigenvalue weighted by molar-refractivity contribution is -0.117. The second-order valence-electron chi connectivity index (χ2n) is 4.96. The highest BCUT2D eigenvalue weighted by molar-refractivity contribution is 7.09. The summed E-state index contributed by atoms with van der Waals surface area (Å²) in [5.41, 5.74) is 2.93. The fourth-order valence-electron chi connectivity index (χ4n) is 2.49. The standard InChI is InChI=1S/C15H14Cl2N2OS/c16-8-12-9-21-14(18-12)2-1-5-19-13-7-11(17)4-3-10(13)6-15(19)20/h3-4,7,9H,1-2,5-6,8H2. The van der Waals surface area contributed by atoms with Gasteiger partial charge in [-0.3, -0.25) is 4.79 Å². The summed E-state index contributed by atoms with van der Waals surface area (Å²) in [6.07, 6.45) is 2.22. The number of nitrogens with zero attached hydrogens (tertiary/aromatic N) is 2. The molecule has 21 heavy (non-hydrogen) atoms. The van der Waals surface area contributed by atoms with Gasteiger partial charge in [0.15, 0.2) is 0 Å². The molecular weight excluding hydrogens is 327 g/mol. The molecule has 0 atom stereocenters. The Morgan fingerprint density at radius 3 is 3.00 bits per heavy atom. The zero-order chi connectivity index (χ0) is 14.8. The van der Waals surface area contributed by atoms with Crippen molar-refractivity contribution in [3.8, 4) is 0 Å². The number of hydrogen-bond donors (Lipinski definition) is 0. The van der Waals surface area contributed by atoms with Gasteiger partial charge < -0.3 is 4.90 Å². The van der Waals surface area contributed by atoms with Crippen LogP contribution in [0.4, 0.5) is 5.69 Å². The van der Waals surface area contributed by atoms with Crippen molar-refractivity contribution in [3.05, 3.63) is 44.9 Å². The highest BCUT2D eigenvalue weighted by Crippen LogP contribution is 2.31. The Balaban J connectivity index is 1.63. The number of aryl methyl sites for hydroxylation is 1. The monoisotopic (exact) mass is 340 g/mol. The molecule has 1 aliphatic heterocycles. The minimum atomic E-state index is 0.146. The van der Waals surface area contributed by atoms with Crippen molar-refractivity contribution in [2.75, 3.05) is 11.4 Å². The van der Waals surface area contributed by atoms with E-state index >= 15 is 0 Å². The molecule has 0 fully saturated rings. The van der Waals surface area contributed by atoms with Crippen LogP contribution in [0.1, 0.15) is 22.7 Å². The predicted molar refractivity (Wildman–Crippen MR) is 87.5 cm³/mol. The number of carbonyl (C=O) groups is 1. The third kappa shape index (κ3) is 3.23. The lowest BCUT2D eigenvalue weighted by Crippen LogP contribution is -2.28. The molecule has 0 aliphatic carbocycles. The van der Waals surface area contributed by atoms with Gasteiger partial charge in [-0.1, -0.05) is 17.7 Å². The Bertz CT molecular complexity index is 671. The molecule has 0 saturated carbocycles. The number of halogens is 2. The molecule has 6 heteroatoms. The molecule has 3 rings (SSSR count). The van der Waals surface area contributed by atoms with Crippen LogP contribution in [0.5, 0.6) is 0 Å². The van der Waals surface area contributed by atoms with E-state index in [1.807, 2.05) is 28.5 Å². The first kappa shape index (κ1) is 14.8. The normalized spacial score (nSPS) is 13.8. The van der Waals surface area contributed by atoms with E-state index in [1.165, 1.54) is 0 Å². The highest BCUT2D eigenvalue weighted by Gasteiger charge is 2.26. The molecule has 1 aromatic heterocycles. The van der Waals surface area contributed by atoms with E-state index in [-0.39, 0.29) is 5.91 Å². The van der Waals surface area contributed by atoms with Crippen LogP contribution < -0.4 is 4.90 Å². The van der Waals surface area contributed by atoms with Gasteiger partial charge in [0, 0.05) is 29.1 Å². The lowest BCUT2D eigenvalue weighted by Gasteiger charge is -2.17. The number of alkyl halides is 1. The molecule has 0 spiro atoms. The molecule has 3 nitrogen and oxygen atoms in total. The largest absolute Gasteiger partial charge is 0.312 e. The maximum absolute atomic E-state index is 12.1. The predicted octanol–water partition coefficient (Wildman–Crippen LogP) is 4.06. The number of rotatable bonds is 5. The third-order valence-electron chi connectivity index (χ3n) is 3.49. The quantitative estimate of drug-likeness (QED) is 0.769. The summed E-state index contributed by atoms with van der Waals surface area (Å²) in [5.74, 6) is 0.598. The Morgan fingerprint density at radius 2 is 2.24 bits per heavy atom. The van der Waals surface area contributed by atoms with Crippen LogP contribution in [0, 0.1) is 0 Å². The average molecular weight is 341 g/mol. The molecule has 0 bridgehead atoms. The van der Waals surface area contributed by atoms with E-state index in [9.17, 15) is 4.79 Å². The molecule has 1 aliphatic rings. The van der Waals surface area contributed by atoms with Crippen molar-refractivity contribution in [1.82, 2.24) is 4.98 Å². The lowest BCUT2D eigenvalue weighted by atomic mass is 10.2. The number of hydrogen-bond acceptors (Lipinski definition) is 3. The molecule has 2 heterocycles. The fraction of sp³-hybridized carbons (Fsp3) is 0.333. The smallest absolute Gasteiger partial charge is 0.231 e. The maximum Gasteiger partial charge on any atom is 0.231 e. The van der Waals surface area contributed by atoms with Crippen molar-refractivity contribution in [1.29, 1.82) is 0 Å². The minimum absolute atomic E-state index is 0.146. The summed E-state index contributed by atoms with van der Waals surface area (Å²) in [7, 11) is 0. The molecule has 0 saturated heterocycles. The summed E-state index contributed by atoms with van der Waals surface area (Å²) >= 11 is 13.4. The summed E-state index contributed by atoms with van der Waals surface area (Å²) in [4.78, 5) is 18.4. The van der Waals surface area contributed by atoms with Crippen LogP contribution in [-0.2, 0) is 23.5 Å². The van der Waals surface area contributed by atoms with Gasteiger partial charge in [0.25, 0.3) is 0 Å². The van der Waals surface area contributed by atoms with Gasteiger partial charge in [-0.2, -0.15) is 0 Å². The van der Waals surface area contributed by atoms with Crippen LogP contribution >= 0.6 is 34.5 Å². The number of benzene rings is 1. The Morgan fingerprint density at radius 1 is 1.38 bits per heavy atom. The fourth-order valence-corrected chi connectivity index (χ4v) is 3.72. The first-order valence-electron chi connectivity index (χ1n) is 6.75. The molecule has 0 unspecified atom stereocenters. The second kappa shape index (κ2) is 6.34. The SMILES string of the molecule is O=C1Cc2ccc(Cl)cc2N1CCCc1nc(CCl)cs1. The van der Waals surface area contributed by atoms with Crippen molar-refractivity contribution < 1.29 is 4.79 Å². The molecule has 110 valence electrons. The van der Waals surface area contributed by atoms with Crippen LogP contribution in [0.2, 0.25) is 5.02 Å². The zero-order valence-corrected chi connectivity index (χ0v) is 13.6. The number of carbonyl (C=O) groups excluding carboxylic acids is 1. The highest BCUT2D eigenvalue weighted by atomic mass is 35.5. The molecular formula is C15H14Cl2N2OS. The van der Waals surface area contributed by atoms with Gasteiger partial charge in [0.2, 0.25) is 5.91 Å². The van der Waals surface area contributed by atoms with E-state index < -0.39 is 0 Å². The Labute approximate surface area is 137 Å². The van der Waals surface area contributed by atoms with E-state index in [0.29, 0.717) is 23.9 Å². The number of aromatic nitrogens is 1. The maximum atomic E-state index is 12.1. The van der Waals surface area contributed by atoms with E-state index in [1.54, 1.807) is 11.3 Å². The number of fused-ring (bicyclic) bond motifs is 1. The van der Waals surface area contributed by atoms with Crippen LogP contribution in [0.15, 0.2) is 23.6 Å². The molecule has 1 amide bonds. The first-order chi connectivity index (χ1) is 10.2. The average Bonchev–Trinajstić information content (AvgIpc) is 3.04. The summed E-state index contributed by atoms with van der Waals surface area (Å²) in [6, 6.07) is 5.64. The van der Waals surface area contributed by atoms with Crippen LogP contribution in [-0.4, -0.2) is 17.4 Å². The number of anilines is 1. The van der Waals surface area contributed by atoms with Crippen molar-refractivity contribution in [3.63, 3.8) is 0 Å². The Kier molecular flexibility index (Phi) is 4.48.